The van der Waals surface area contributed by atoms with Crippen LogP contribution in [0, 0.1) is 0 Å². The molecule has 11 N–H and O–H groups in total. The standard InChI is InChI=1S/C30H25N7O2S.C24H19ClN6OS.C21H17BrClN5O.C6H8BNO3.3C4H9.C3H2NS.Sn/c1-18(34-28-23(14-32-30(31)35-28)24-16-40-17-33-24)25-13-19-7-6-10-22(20-11-12-26(38)36(2)15-20)27(19)29(39)37(25)21-8-4-3-5-9-21;1-14(29-22-17(11-27-24(26)30-22)19-12-33-13-28-19)20-10-15-6-5-9-18(25)21(15)23(32)31(20)16-7-3-2-4-8-16;1-12(26-19-15(22)11-25-21(24)27-19)17-10-13-6-5-9-16(23)18(13)20(29)28(17)14-7-3-2-4-8-14;1-8-4-5(7(10)11)2-3-6(8)9;3*1-3-4-2;1-2-5-3-4-1;/h3-18H,1-2H3,(H3,31,32,34,35);2-14H,1H3,(H3,26,27,29,30);2-12H,1H3,(H3,24,25,26,27);2-4,10-11H,1H3;3*1,3-4H2,2H3;2-3H;/t18-;14-;12-;;;;;;/m000....../s1. The first-order chi connectivity index (χ1) is 63.3. The smallest absolute Gasteiger partial charge is 0.423 e. The minimum absolute atomic E-state index is 0.116. The van der Waals surface area contributed by atoms with Crippen LogP contribution in [-0.4, -0.2) is 103 Å². The molecule has 0 amide bonds. The number of benzene rings is 6. The Morgan fingerprint density at radius 2 is 0.824 bits per heavy atom. The molecule has 3 atom stereocenters. The molecule has 0 aliphatic heterocycles. The Hall–Kier alpha value is -12.4. The molecule has 0 fully saturated rings. The normalized spacial score (nSPS) is 11.8. The van der Waals surface area contributed by atoms with Crippen LogP contribution in [0.4, 0.5) is 35.3 Å². The summed E-state index contributed by atoms with van der Waals surface area (Å²) in [6.07, 6.45) is 16.4. The Kier molecular flexibility index (Phi) is 33.0. The number of nitrogens with two attached hydrogens (primary N) is 3. The number of pyridine rings is 5. The molecule has 6 aromatic carbocycles. The SMILES string of the molecule is CCC[CH2][Sn]([CH2]CCC)([CH2]CCC)[c]1cscn1.C[C@H](Nc1nc(N)ncc1-c1cscn1)c1cc2cccc(-c3ccc(=O)n(C)c3)c2c(=O)n1-c1ccccc1.C[C@H](Nc1nc(N)ncc1-c1cscn1)c1cc2cccc(Cl)c2c(=O)n1-c1ccccc1.C[C@H](Nc1nc(N)ncc1Br)c1cc2cccc(Cl)c2c(=O)n1-c1ccccc1.Cn1cc(B(O)O)ccc1=O. The quantitative estimate of drug-likeness (QED) is 0.0233. The second-order valence-corrected chi connectivity index (χ2v) is 48.1. The van der Waals surface area contributed by atoms with Gasteiger partial charge in [-0.05, 0) is 142 Å². The van der Waals surface area contributed by atoms with E-state index in [9.17, 15) is 24.0 Å². The first-order valence-electron chi connectivity index (χ1n) is 42.5. The Morgan fingerprint density at radius 1 is 0.443 bits per heavy atom. The monoisotopic (exact) mass is 2020 g/mol. The van der Waals surface area contributed by atoms with Gasteiger partial charge in [-0.1, -0.05) is 126 Å². The Morgan fingerprint density at radius 3 is 1.22 bits per heavy atom. The van der Waals surface area contributed by atoms with Gasteiger partial charge in [-0.25, -0.2) is 24.9 Å². The van der Waals surface area contributed by atoms with Crippen molar-refractivity contribution in [3.63, 3.8) is 0 Å². The number of para-hydroxylation sites is 3. The van der Waals surface area contributed by atoms with Crippen molar-refractivity contribution in [1.82, 2.24) is 67.7 Å². The molecule has 0 spiro atoms. The van der Waals surface area contributed by atoms with E-state index in [1.165, 1.54) is 108 Å². The topological polar surface area (TPSA) is 381 Å². The third kappa shape index (κ3) is 23.2. The Bertz CT molecular complexity index is 7090. The molecule has 670 valence electrons. The molecule has 17 rings (SSSR count). The fraction of sp³-hybridized carbons (Fsp3) is 0.208. The van der Waals surface area contributed by atoms with Crippen molar-refractivity contribution >= 4 is 175 Å². The second-order valence-electron chi connectivity index (χ2n) is 31.2. The molecule has 17 aromatic rings. The number of unbranched alkanes of at least 4 members (excludes halogenated alkanes) is 3. The van der Waals surface area contributed by atoms with Crippen molar-refractivity contribution in [2.24, 2.45) is 14.1 Å². The number of hydrogen-bond acceptors (Lipinski definition) is 25. The number of nitrogens with zero attached hydrogens (tertiary/aromatic N) is 14. The van der Waals surface area contributed by atoms with Crippen LogP contribution in [0.1, 0.15) is 115 Å². The molecule has 0 saturated carbocycles. The van der Waals surface area contributed by atoms with Crippen molar-refractivity contribution in [1.29, 1.82) is 0 Å². The summed E-state index contributed by atoms with van der Waals surface area (Å²) in [5.41, 5.74) is 31.6. The summed E-state index contributed by atoms with van der Waals surface area (Å²) in [5, 5.41) is 38.5. The van der Waals surface area contributed by atoms with Crippen LogP contribution in [-0.2, 0) is 14.1 Å². The second kappa shape index (κ2) is 45.0. The maximum atomic E-state index is 14.4. The largest absolute Gasteiger partial charge is 0.489 e. The molecule has 0 aliphatic carbocycles. The Labute approximate surface area is 791 Å². The van der Waals surface area contributed by atoms with E-state index < -0.39 is 25.5 Å². The zero-order valence-corrected chi connectivity index (χ0v) is 81.6. The number of nitrogen functional groups attached to an aromatic ring is 3. The van der Waals surface area contributed by atoms with Gasteiger partial charge in [-0.3, -0.25) is 37.7 Å². The maximum Gasteiger partial charge on any atom is 0.489 e. The van der Waals surface area contributed by atoms with Crippen LogP contribution in [0.25, 0.3) is 83.0 Å². The predicted molar refractivity (Wildman–Crippen MR) is 543 cm³/mol. The van der Waals surface area contributed by atoms with E-state index in [1.54, 1.807) is 85.5 Å². The summed E-state index contributed by atoms with van der Waals surface area (Å²) in [5.74, 6) is 2.05. The van der Waals surface area contributed by atoms with Gasteiger partial charge in [0.1, 0.15) is 17.5 Å². The van der Waals surface area contributed by atoms with Crippen molar-refractivity contribution in [2.45, 2.75) is 112 Å². The average Bonchev–Trinajstić information content (AvgIpc) is 1.45. The van der Waals surface area contributed by atoms with Crippen LogP contribution in [0.3, 0.4) is 0 Å². The zero-order valence-electron chi connectivity index (χ0n) is 73.2. The number of nitrogens with one attached hydrogen (secondary N) is 3. The van der Waals surface area contributed by atoms with E-state index in [2.05, 4.69) is 103 Å². The van der Waals surface area contributed by atoms with Gasteiger partial charge in [0.25, 0.3) is 16.7 Å². The fourth-order valence-electron chi connectivity index (χ4n) is 15.5. The van der Waals surface area contributed by atoms with Crippen molar-refractivity contribution in [3.05, 3.63) is 335 Å². The predicted octanol–water partition coefficient (Wildman–Crippen LogP) is 18.6. The number of fused-ring (bicyclic) bond motifs is 3. The molecule has 11 heterocycles. The molecule has 131 heavy (non-hydrogen) atoms. The van der Waals surface area contributed by atoms with Crippen LogP contribution in [0.5, 0.6) is 0 Å². The van der Waals surface area contributed by atoms with Crippen molar-refractivity contribution in [3.8, 4) is 50.7 Å². The number of aromatic nitrogens is 14. The van der Waals surface area contributed by atoms with Gasteiger partial charge in [0.15, 0.2) is 0 Å². The van der Waals surface area contributed by atoms with E-state index in [0.29, 0.717) is 59.2 Å². The first-order valence-corrected chi connectivity index (χ1v) is 54.4. The molecule has 35 heteroatoms. The summed E-state index contributed by atoms with van der Waals surface area (Å²) >= 11 is 18.8. The number of thiazole rings is 3. The van der Waals surface area contributed by atoms with E-state index in [4.69, 9.17) is 55.4 Å². The van der Waals surface area contributed by atoms with Crippen LogP contribution in [0.15, 0.2) is 280 Å². The molecule has 0 aliphatic rings. The fourth-order valence-corrected chi connectivity index (χ4v) is 35.2. The number of anilines is 6. The average molecular weight is 2020 g/mol. The number of hydrogen-bond donors (Lipinski definition) is 8. The molecule has 0 unspecified atom stereocenters. The van der Waals surface area contributed by atoms with Crippen LogP contribution >= 0.6 is 73.1 Å². The van der Waals surface area contributed by atoms with E-state index >= 15 is 0 Å². The molecular formula is C96H98BBrCl2N20O7S3Sn. The molecule has 0 saturated heterocycles. The zero-order chi connectivity index (χ0) is 93.0. The number of halogens is 3. The van der Waals surface area contributed by atoms with Gasteiger partial charge in [-0.2, -0.15) is 15.0 Å². The molecular weight excluding hydrogens is 1920 g/mol. The minimum atomic E-state index is -2.13. The van der Waals surface area contributed by atoms with Crippen LogP contribution < -0.4 is 70.1 Å². The van der Waals surface area contributed by atoms with Gasteiger partial charge >= 0.3 is 129 Å². The van der Waals surface area contributed by atoms with Gasteiger partial charge in [0.05, 0.1) is 82.3 Å². The van der Waals surface area contributed by atoms with Crippen LogP contribution in [0.2, 0.25) is 23.4 Å². The summed E-state index contributed by atoms with van der Waals surface area (Å²) in [7, 11) is 1.74. The van der Waals surface area contributed by atoms with E-state index in [1.807, 2.05) is 195 Å². The van der Waals surface area contributed by atoms with Gasteiger partial charge in [0.2, 0.25) is 29.0 Å². The third-order valence-corrected chi connectivity index (χ3v) is 40.8. The van der Waals surface area contributed by atoms with Gasteiger partial charge < -0.3 is 52.3 Å². The van der Waals surface area contributed by atoms with E-state index in [0.717, 1.165) is 78.4 Å². The molecule has 27 nitrogen and oxygen atoms in total. The summed E-state index contributed by atoms with van der Waals surface area (Å²) < 4.78 is 14.7. The van der Waals surface area contributed by atoms with Crippen molar-refractivity contribution in [2.75, 3.05) is 33.2 Å². The molecule has 11 aromatic heterocycles. The molecule has 0 radical (unpaired) electrons. The summed E-state index contributed by atoms with van der Waals surface area (Å²) in [6.45, 7) is 12.9. The summed E-state index contributed by atoms with van der Waals surface area (Å²) in [4.78, 5) is 103. The molecule has 0 bridgehead atoms. The maximum absolute atomic E-state index is 14.4. The van der Waals surface area contributed by atoms with E-state index in [-0.39, 0.29) is 63.8 Å². The summed E-state index contributed by atoms with van der Waals surface area (Å²) in [6, 6.07) is 56.1. The Balaban J connectivity index is 0.000000147. The van der Waals surface area contributed by atoms with Gasteiger partial charge in [0, 0.05) is 102 Å². The number of aryl methyl sites for hydroxylation is 2. The number of rotatable bonds is 26. The van der Waals surface area contributed by atoms with Crippen molar-refractivity contribution < 1.29 is 10.0 Å². The first kappa shape index (κ1) is 96.2. The third-order valence-electron chi connectivity index (χ3n) is 22.2. The van der Waals surface area contributed by atoms with Gasteiger partial charge in [-0.15, -0.1) is 22.7 Å². The minimum Gasteiger partial charge on any atom is -0.423 e.